The number of hydrogen-bond donors (Lipinski definition) is 2. The summed E-state index contributed by atoms with van der Waals surface area (Å²) in [6.07, 6.45) is 0. The highest BCUT2D eigenvalue weighted by atomic mass is 35.7. The number of aromatic amines is 1. The summed E-state index contributed by atoms with van der Waals surface area (Å²) >= 11 is 0. The maximum atomic E-state index is 10.6. The molecule has 0 amide bonds. The van der Waals surface area contributed by atoms with E-state index in [0.717, 1.165) is 5.52 Å². The molecule has 0 radical (unpaired) electrons. The van der Waals surface area contributed by atoms with Crippen LogP contribution in [0, 0.1) is 0 Å². The molecule has 1 heterocycles. The topological polar surface area (TPSA) is 100 Å². The summed E-state index contributed by atoms with van der Waals surface area (Å²) in [5, 5.41) is 0. The first-order chi connectivity index (χ1) is 6.86. The molecule has 0 spiro atoms. The number of oxazole rings is 1. The minimum atomic E-state index is -4.19. The van der Waals surface area contributed by atoms with Crippen molar-refractivity contribution >= 4 is 31.1 Å². The van der Waals surface area contributed by atoms with E-state index in [1.165, 1.54) is 0 Å². The summed E-state index contributed by atoms with van der Waals surface area (Å²) in [5.74, 6) is -0.402. The zero-order valence-corrected chi connectivity index (χ0v) is 8.75. The maximum absolute atomic E-state index is 10.6. The van der Waals surface area contributed by atoms with Gasteiger partial charge in [-0.15, -0.1) is 0 Å². The second kappa shape index (κ2) is 4.47. The summed E-state index contributed by atoms with van der Waals surface area (Å²) in [7, 11) is -0.137. The molecule has 0 unspecified atom stereocenters. The van der Waals surface area contributed by atoms with E-state index in [0.29, 0.717) is 5.58 Å². The number of nitrogens with one attached hydrogen (secondary N) is 1. The van der Waals surface area contributed by atoms with E-state index in [1.807, 2.05) is 12.1 Å². The molecular formula is C7H6ClNO5S. The number of H-pyrrole nitrogens is 1. The first-order valence-electron chi connectivity index (χ1n) is 3.61. The van der Waals surface area contributed by atoms with Crippen molar-refractivity contribution in [1.29, 1.82) is 0 Å². The minimum Gasteiger partial charge on any atom is -0.408 e. The third-order valence-electron chi connectivity index (χ3n) is 1.33. The van der Waals surface area contributed by atoms with Gasteiger partial charge >= 0.3 is 15.1 Å². The van der Waals surface area contributed by atoms with Crippen molar-refractivity contribution in [3.63, 3.8) is 0 Å². The van der Waals surface area contributed by atoms with Gasteiger partial charge in [-0.3, -0.25) is 9.54 Å². The van der Waals surface area contributed by atoms with E-state index < -0.39 is 15.1 Å². The summed E-state index contributed by atoms with van der Waals surface area (Å²) < 4.78 is 29.9. The van der Waals surface area contributed by atoms with Gasteiger partial charge in [0.05, 0.1) is 5.52 Å². The Balaban J connectivity index is 0.000000195. The van der Waals surface area contributed by atoms with Crippen LogP contribution in [-0.2, 0) is 9.33 Å². The summed E-state index contributed by atoms with van der Waals surface area (Å²) in [6, 6.07) is 7.19. The maximum Gasteiger partial charge on any atom is 0.417 e. The lowest BCUT2D eigenvalue weighted by Crippen LogP contribution is -1.92. The third kappa shape index (κ3) is 4.63. The molecule has 2 aromatic rings. The van der Waals surface area contributed by atoms with Crippen LogP contribution in [0.15, 0.2) is 33.5 Å². The molecule has 0 bridgehead atoms. The lowest BCUT2D eigenvalue weighted by Gasteiger charge is -1.79. The molecule has 15 heavy (non-hydrogen) atoms. The smallest absolute Gasteiger partial charge is 0.408 e. The number of fused-ring (bicyclic) bond motifs is 1. The molecule has 0 saturated carbocycles. The van der Waals surface area contributed by atoms with Gasteiger partial charge in [-0.2, -0.15) is 8.42 Å². The van der Waals surface area contributed by atoms with Crippen molar-refractivity contribution in [1.82, 2.24) is 4.98 Å². The molecule has 0 atom stereocenters. The van der Waals surface area contributed by atoms with Crippen LogP contribution in [0.1, 0.15) is 0 Å². The van der Waals surface area contributed by atoms with Crippen LogP contribution in [0.5, 0.6) is 0 Å². The number of benzene rings is 1. The fourth-order valence-electron chi connectivity index (χ4n) is 0.894. The van der Waals surface area contributed by atoms with Crippen LogP contribution in [0.2, 0.25) is 0 Å². The summed E-state index contributed by atoms with van der Waals surface area (Å²) in [4.78, 5) is 13.1. The zero-order chi connectivity index (χ0) is 11.5. The highest BCUT2D eigenvalue weighted by Crippen LogP contribution is 2.06. The van der Waals surface area contributed by atoms with Crippen LogP contribution in [-0.4, -0.2) is 18.0 Å². The van der Waals surface area contributed by atoms with E-state index in [4.69, 9.17) is 17.4 Å². The van der Waals surface area contributed by atoms with Gasteiger partial charge in [-0.1, -0.05) is 12.1 Å². The molecule has 8 heteroatoms. The van der Waals surface area contributed by atoms with Crippen LogP contribution < -0.4 is 5.76 Å². The number of halogens is 1. The predicted octanol–water partition coefficient (Wildman–Crippen LogP) is 1.15. The monoisotopic (exact) mass is 251 g/mol. The van der Waals surface area contributed by atoms with Crippen molar-refractivity contribution in [3.8, 4) is 0 Å². The van der Waals surface area contributed by atoms with Gasteiger partial charge in [0.25, 0.3) is 0 Å². The fourth-order valence-corrected chi connectivity index (χ4v) is 0.894. The van der Waals surface area contributed by atoms with Crippen molar-refractivity contribution in [2.24, 2.45) is 0 Å². The van der Waals surface area contributed by atoms with Crippen LogP contribution in [0.3, 0.4) is 0 Å². The Morgan fingerprint density at radius 3 is 2.40 bits per heavy atom. The second-order valence-corrected chi connectivity index (χ2v) is 4.42. The summed E-state index contributed by atoms with van der Waals surface area (Å²) in [5.41, 5.74) is 1.35. The molecular weight excluding hydrogens is 246 g/mol. The average Bonchev–Trinajstić information content (AvgIpc) is 2.40. The van der Waals surface area contributed by atoms with E-state index >= 15 is 0 Å². The van der Waals surface area contributed by atoms with Gasteiger partial charge < -0.3 is 4.42 Å². The molecule has 2 rings (SSSR count). The first kappa shape index (κ1) is 11.8. The Bertz CT molecular complexity index is 555. The second-order valence-electron chi connectivity index (χ2n) is 2.42. The van der Waals surface area contributed by atoms with Crippen molar-refractivity contribution < 1.29 is 17.4 Å². The Kier molecular flexibility index (Phi) is 3.51. The standard InChI is InChI=1S/C7H5NO2.ClHO3S/c9-7-8-5-3-1-2-4-6(5)10-7;1-5(2,3)4/h1-4H,(H,8,9);(H,2,3,4). The number of hydrogen-bond acceptors (Lipinski definition) is 4. The lowest BCUT2D eigenvalue weighted by atomic mass is 10.3. The van der Waals surface area contributed by atoms with Crippen molar-refractivity contribution in [3.05, 3.63) is 34.8 Å². The SMILES string of the molecule is O=S(=O)(O)Cl.O=c1[nH]c2ccccc2o1. The third-order valence-corrected chi connectivity index (χ3v) is 1.33. The summed E-state index contributed by atoms with van der Waals surface area (Å²) in [6.45, 7) is 0. The molecule has 0 fully saturated rings. The largest absolute Gasteiger partial charge is 0.417 e. The molecule has 0 saturated heterocycles. The zero-order valence-electron chi connectivity index (χ0n) is 7.18. The van der Waals surface area contributed by atoms with E-state index in [2.05, 4.69) is 15.7 Å². The van der Waals surface area contributed by atoms with Gasteiger partial charge in [0, 0.05) is 10.7 Å². The minimum absolute atomic E-state index is 0.402. The van der Waals surface area contributed by atoms with E-state index in [9.17, 15) is 4.79 Å². The highest BCUT2D eigenvalue weighted by molar-refractivity contribution is 8.09. The van der Waals surface area contributed by atoms with E-state index in [-0.39, 0.29) is 0 Å². The predicted molar refractivity (Wildman–Crippen MR) is 54.2 cm³/mol. The Labute approximate surface area is 88.7 Å². The van der Waals surface area contributed by atoms with Crippen LogP contribution in [0.25, 0.3) is 11.1 Å². The lowest BCUT2D eigenvalue weighted by molar-refractivity contribution is 0.501. The molecule has 2 N–H and O–H groups in total. The first-order valence-corrected chi connectivity index (χ1v) is 5.88. The molecule has 1 aromatic carbocycles. The van der Waals surface area contributed by atoms with E-state index in [1.54, 1.807) is 12.1 Å². The number of rotatable bonds is 0. The number of aromatic nitrogens is 1. The Morgan fingerprint density at radius 1 is 1.33 bits per heavy atom. The molecule has 6 nitrogen and oxygen atoms in total. The Morgan fingerprint density at radius 2 is 1.87 bits per heavy atom. The van der Waals surface area contributed by atoms with Gasteiger partial charge in [0.2, 0.25) is 0 Å². The van der Waals surface area contributed by atoms with Crippen molar-refractivity contribution in [2.45, 2.75) is 0 Å². The molecule has 82 valence electrons. The van der Waals surface area contributed by atoms with Crippen LogP contribution in [0.4, 0.5) is 0 Å². The molecule has 1 aromatic heterocycles. The van der Waals surface area contributed by atoms with Gasteiger partial charge in [0.15, 0.2) is 5.58 Å². The fraction of sp³-hybridized carbons (Fsp3) is 0. The van der Waals surface area contributed by atoms with Crippen molar-refractivity contribution in [2.75, 3.05) is 0 Å². The normalized spacial score (nSPS) is 10.8. The van der Waals surface area contributed by atoms with Gasteiger partial charge in [-0.25, -0.2) is 4.79 Å². The average molecular weight is 252 g/mol. The molecule has 0 aliphatic rings. The van der Waals surface area contributed by atoms with Crippen LogP contribution >= 0.6 is 10.7 Å². The quantitative estimate of drug-likeness (QED) is 0.540. The molecule has 0 aliphatic heterocycles. The highest BCUT2D eigenvalue weighted by Gasteiger charge is 1.95. The number of para-hydroxylation sites is 2. The Hall–Kier alpha value is -1.31. The van der Waals surface area contributed by atoms with Gasteiger partial charge in [-0.05, 0) is 12.1 Å². The molecule has 0 aliphatic carbocycles. The van der Waals surface area contributed by atoms with Gasteiger partial charge in [0.1, 0.15) is 0 Å².